The summed E-state index contributed by atoms with van der Waals surface area (Å²) in [5, 5.41) is 0. The molecule has 4 nitrogen and oxygen atoms in total. The van der Waals surface area contributed by atoms with Crippen LogP contribution in [0.3, 0.4) is 0 Å². The van der Waals surface area contributed by atoms with E-state index in [1.807, 2.05) is 20.8 Å². The summed E-state index contributed by atoms with van der Waals surface area (Å²) in [6.45, 7) is 6.01. The summed E-state index contributed by atoms with van der Waals surface area (Å²) in [5.41, 5.74) is 2.64. The van der Waals surface area contributed by atoms with Gasteiger partial charge in [0.2, 0.25) is 5.78 Å². The van der Waals surface area contributed by atoms with Gasteiger partial charge in [-0.3, -0.25) is 4.79 Å². The third-order valence-corrected chi connectivity index (χ3v) is 3.58. The van der Waals surface area contributed by atoms with Crippen LogP contribution in [0.5, 0.6) is 0 Å². The second-order valence-corrected chi connectivity index (χ2v) is 5.23. The lowest BCUT2D eigenvalue weighted by atomic mass is 10.0. The van der Waals surface area contributed by atoms with Crippen molar-refractivity contribution in [1.82, 2.24) is 14.4 Å². The molecule has 1 N–H and O–H groups in total. The highest BCUT2D eigenvalue weighted by atomic mass is 19.1. The van der Waals surface area contributed by atoms with Gasteiger partial charge in [-0.05, 0) is 24.5 Å². The van der Waals surface area contributed by atoms with Crippen molar-refractivity contribution in [2.75, 3.05) is 0 Å². The maximum atomic E-state index is 13.4. The summed E-state index contributed by atoms with van der Waals surface area (Å²) in [6, 6.07) is 4.29. The second kappa shape index (κ2) is 4.44. The number of halogens is 1. The molecule has 0 saturated heterocycles. The topological polar surface area (TPSA) is 50.2 Å². The van der Waals surface area contributed by atoms with E-state index in [4.69, 9.17) is 0 Å². The number of benzene rings is 1. The fraction of sp³-hybridized carbons (Fsp3) is 0.333. The monoisotopic (exact) mass is 273 g/mol. The minimum Gasteiger partial charge on any atom is -0.328 e. The first-order valence-electron chi connectivity index (χ1n) is 6.75. The molecular formula is C15H16FN3O. The standard InChI is InChI=1S/C15H16FN3O/c1-4-10-13(8(2)3)18-15-17-11-6-5-9(16)7-12(11)19(15)14(10)20/h5-8H,4H2,1-3H3,(H,17,18). The molecule has 0 aliphatic carbocycles. The number of H-pyrrole nitrogens is 1. The quantitative estimate of drug-likeness (QED) is 0.780. The van der Waals surface area contributed by atoms with Gasteiger partial charge in [0.25, 0.3) is 5.56 Å². The van der Waals surface area contributed by atoms with Crippen molar-refractivity contribution in [2.24, 2.45) is 0 Å². The van der Waals surface area contributed by atoms with E-state index in [2.05, 4.69) is 9.97 Å². The van der Waals surface area contributed by atoms with Crippen LogP contribution in [0.1, 0.15) is 37.9 Å². The van der Waals surface area contributed by atoms with E-state index < -0.39 is 0 Å². The lowest BCUT2D eigenvalue weighted by Gasteiger charge is -2.11. The Kier molecular flexibility index (Phi) is 2.85. The second-order valence-electron chi connectivity index (χ2n) is 5.23. The van der Waals surface area contributed by atoms with Gasteiger partial charge in [0.1, 0.15) is 5.82 Å². The minimum absolute atomic E-state index is 0.113. The van der Waals surface area contributed by atoms with E-state index in [0.717, 1.165) is 11.3 Å². The third kappa shape index (κ3) is 1.73. The van der Waals surface area contributed by atoms with E-state index in [1.165, 1.54) is 16.5 Å². The Morgan fingerprint density at radius 1 is 1.40 bits per heavy atom. The Morgan fingerprint density at radius 3 is 2.80 bits per heavy atom. The molecule has 2 aromatic heterocycles. The van der Waals surface area contributed by atoms with Crippen LogP contribution in [0, 0.1) is 5.82 Å². The summed E-state index contributed by atoms with van der Waals surface area (Å²) >= 11 is 0. The molecule has 0 amide bonds. The lowest BCUT2D eigenvalue weighted by Crippen LogP contribution is -2.22. The largest absolute Gasteiger partial charge is 0.328 e. The molecule has 0 aliphatic heterocycles. The molecule has 0 radical (unpaired) electrons. The fourth-order valence-electron chi connectivity index (χ4n) is 2.62. The van der Waals surface area contributed by atoms with Crippen LogP contribution in [-0.4, -0.2) is 14.4 Å². The zero-order chi connectivity index (χ0) is 14.4. The average molecular weight is 273 g/mol. The molecule has 2 heterocycles. The molecule has 20 heavy (non-hydrogen) atoms. The molecule has 0 saturated carbocycles. The molecule has 0 unspecified atom stereocenters. The Balaban J connectivity index is 2.52. The van der Waals surface area contributed by atoms with Gasteiger partial charge in [-0.15, -0.1) is 0 Å². The predicted octanol–water partition coefficient (Wildman–Crippen LogP) is 3.00. The van der Waals surface area contributed by atoms with Gasteiger partial charge in [-0.25, -0.2) is 13.8 Å². The van der Waals surface area contributed by atoms with Crippen molar-refractivity contribution in [3.8, 4) is 0 Å². The van der Waals surface area contributed by atoms with E-state index in [-0.39, 0.29) is 17.3 Å². The normalized spacial score (nSPS) is 11.8. The van der Waals surface area contributed by atoms with Gasteiger partial charge in [-0.1, -0.05) is 20.8 Å². The number of nitrogens with zero attached hydrogens (tertiary/aromatic N) is 2. The minimum atomic E-state index is -0.371. The molecule has 104 valence electrons. The average Bonchev–Trinajstić information content (AvgIpc) is 2.76. The number of imidazole rings is 1. The lowest BCUT2D eigenvalue weighted by molar-refractivity contribution is 0.629. The fourth-order valence-corrected chi connectivity index (χ4v) is 2.62. The van der Waals surface area contributed by atoms with Crippen LogP contribution in [0.25, 0.3) is 16.8 Å². The van der Waals surface area contributed by atoms with Gasteiger partial charge in [-0.2, -0.15) is 0 Å². The number of hydrogen-bond acceptors (Lipinski definition) is 2. The summed E-state index contributed by atoms with van der Waals surface area (Å²) < 4.78 is 14.9. The maximum Gasteiger partial charge on any atom is 0.262 e. The van der Waals surface area contributed by atoms with E-state index in [1.54, 1.807) is 6.07 Å². The molecule has 5 heteroatoms. The first-order chi connectivity index (χ1) is 9.52. The van der Waals surface area contributed by atoms with Gasteiger partial charge in [0.05, 0.1) is 11.0 Å². The van der Waals surface area contributed by atoms with Crippen LogP contribution >= 0.6 is 0 Å². The van der Waals surface area contributed by atoms with Crippen LogP contribution in [-0.2, 0) is 6.42 Å². The highest BCUT2D eigenvalue weighted by molar-refractivity contribution is 5.79. The van der Waals surface area contributed by atoms with Crippen molar-refractivity contribution in [1.29, 1.82) is 0 Å². The molecule has 0 bridgehead atoms. The van der Waals surface area contributed by atoms with Crippen LogP contribution in [0.2, 0.25) is 0 Å². The zero-order valence-electron chi connectivity index (χ0n) is 11.7. The van der Waals surface area contributed by atoms with Gasteiger partial charge < -0.3 is 4.98 Å². The van der Waals surface area contributed by atoms with Crippen LogP contribution in [0.15, 0.2) is 23.0 Å². The summed E-state index contributed by atoms with van der Waals surface area (Å²) in [5.74, 6) is 0.306. The maximum absolute atomic E-state index is 13.4. The molecule has 0 atom stereocenters. The molecule has 0 aliphatic rings. The summed E-state index contributed by atoms with van der Waals surface area (Å²) in [4.78, 5) is 20.3. The van der Waals surface area contributed by atoms with Gasteiger partial charge in [0, 0.05) is 17.3 Å². The Hall–Kier alpha value is -2.17. The van der Waals surface area contributed by atoms with E-state index >= 15 is 0 Å². The zero-order valence-corrected chi connectivity index (χ0v) is 11.7. The Bertz CT molecular complexity index is 861. The number of aromatic nitrogens is 3. The van der Waals surface area contributed by atoms with Crippen molar-refractivity contribution >= 4 is 16.8 Å². The summed E-state index contributed by atoms with van der Waals surface area (Å²) in [7, 11) is 0. The van der Waals surface area contributed by atoms with Crippen molar-refractivity contribution in [3.05, 3.63) is 45.6 Å². The molecule has 1 aromatic carbocycles. The third-order valence-electron chi connectivity index (χ3n) is 3.58. The number of fused-ring (bicyclic) bond motifs is 3. The number of hydrogen-bond donors (Lipinski definition) is 1. The Morgan fingerprint density at radius 2 is 2.15 bits per heavy atom. The first-order valence-corrected chi connectivity index (χ1v) is 6.75. The SMILES string of the molecule is CCc1c(C(C)C)[nH]c2nc3ccc(F)cc3n2c1=O. The Labute approximate surface area is 115 Å². The highest BCUT2D eigenvalue weighted by Crippen LogP contribution is 2.20. The smallest absolute Gasteiger partial charge is 0.262 e. The molecule has 0 fully saturated rings. The van der Waals surface area contributed by atoms with Gasteiger partial charge >= 0.3 is 0 Å². The van der Waals surface area contributed by atoms with E-state index in [0.29, 0.717) is 23.2 Å². The van der Waals surface area contributed by atoms with Crippen LogP contribution in [0.4, 0.5) is 4.39 Å². The molecule has 0 spiro atoms. The molecule has 3 rings (SSSR count). The number of aromatic amines is 1. The number of nitrogens with one attached hydrogen (secondary N) is 1. The predicted molar refractivity (Wildman–Crippen MR) is 76.7 cm³/mol. The van der Waals surface area contributed by atoms with Crippen molar-refractivity contribution in [3.63, 3.8) is 0 Å². The van der Waals surface area contributed by atoms with Crippen LogP contribution < -0.4 is 5.56 Å². The first kappa shape index (κ1) is 12.8. The van der Waals surface area contributed by atoms with Crippen molar-refractivity contribution < 1.29 is 4.39 Å². The van der Waals surface area contributed by atoms with Crippen molar-refractivity contribution in [2.45, 2.75) is 33.1 Å². The molecule has 3 aromatic rings. The summed E-state index contributed by atoms with van der Waals surface area (Å²) in [6.07, 6.45) is 0.633. The van der Waals surface area contributed by atoms with E-state index in [9.17, 15) is 9.18 Å². The number of rotatable bonds is 2. The highest BCUT2D eigenvalue weighted by Gasteiger charge is 2.16. The van der Waals surface area contributed by atoms with Gasteiger partial charge in [0.15, 0.2) is 0 Å². The molecular weight excluding hydrogens is 257 g/mol.